The zero-order valence-electron chi connectivity index (χ0n) is 13.6. The minimum absolute atomic E-state index is 0.0652. The van der Waals surface area contributed by atoms with Gasteiger partial charge in [-0.15, -0.1) is 0 Å². The van der Waals surface area contributed by atoms with E-state index in [0.717, 1.165) is 23.1 Å². The molecular weight excluding hydrogens is 266 g/mol. The van der Waals surface area contributed by atoms with Crippen LogP contribution in [0.1, 0.15) is 48.6 Å². The Morgan fingerprint density at radius 2 is 2.00 bits per heavy atom. The summed E-state index contributed by atoms with van der Waals surface area (Å²) < 4.78 is 5.45. The highest BCUT2D eigenvalue weighted by atomic mass is 16.6. The Kier molecular flexibility index (Phi) is 4.28. The van der Waals surface area contributed by atoms with E-state index in [9.17, 15) is 9.90 Å². The van der Waals surface area contributed by atoms with Gasteiger partial charge < -0.3 is 14.7 Å². The van der Waals surface area contributed by atoms with Crippen LogP contribution in [0, 0.1) is 13.8 Å². The number of hydrogen-bond donors (Lipinski definition) is 1. The van der Waals surface area contributed by atoms with Gasteiger partial charge in [-0.25, -0.2) is 4.79 Å². The minimum atomic E-state index is -0.469. The summed E-state index contributed by atoms with van der Waals surface area (Å²) in [6, 6.07) is 2.02. The lowest BCUT2D eigenvalue weighted by molar-refractivity contribution is 0.0223. The maximum Gasteiger partial charge on any atom is 0.410 e. The standard InChI is InChI=1S/C17H25NO3/c1-11-8-13(10-19)12(2)14-6-7-18(9-15(11)14)16(20)21-17(3,4)5/h8,19H,6-7,9-10H2,1-5H3. The quantitative estimate of drug-likeness (QED) is 0.865. The molecule has 1 aromatic carbocycles. The summed E-state index contributed by atoms with van der Waals surface area (Å²) in [5, 5.41) is 9.43. The Bertz CT molecular complexity index is 558. The molecule has 0 unspecified atom stereocenters. The number of aryl methyl sites for hydroxylation is 1. The molecule has 0 saturated carbocycles. The molecule has 1 aliphatic heterocycles. The van der Waals surface area contributed by atoms with E-state index in [4.69, 9.17) is 4.74 Å². The van der Waals surface area contributed by atoms with Crippen molar-refractivity contribution in [2.75, 3.05) is 6.54 Å². The first-order chi connectivity index (χ1) is 9.73. The maximum atomic E-state index is 12.2. The van der Waals surface area contributed by atoms with Crippen molar-refractivity contribution in [3.63, 3.8) is 0 Å². The number of rotatable bonds is 1. The van der Waals surface area contributed by atoms with Gasteiger partial charge in [0.2, 0.25) is 0 Å². The van der Waals surface area contributed by atoms with E-state index in [2.05, 4.69) is 0 Å². The van der Waals surface area contributed by atoms with Crippen LogP contribution in [0.3, 0.4) is 0 Å². The molecular formula is C17H25NO3. The first-order valence-corrected chi connectivity index (χ1v) is 7.42. The topological polar surface area (TPSA) is 49.8 Å². The molecule has 1 N–H and O–H groups in total. The van der Waals surface area contributed by atoms with Crippen molar-refractivity contribution in [3.8, 4) is 0 Å². The summed E-state index contributed by atoms with van der Waals surface area (Å²) in [7, 11) is 0. The SMILES string of the molecule is Cc1cc(CO)c(C)c2c1CN(C(=O)OC(C)(C)C)CC2. The Morgan fingerprint density at radius 3 is 2.57 bits per heavy atom. The number of carbonyl (C=O) groups is 1. The molecule has 0 aromatic heterocycles. The van der Waals surface area contributed by atoms with Gasteiger partial charge in [-0.1, -0.05) is 6.07 Å². The van der Waals surface area contributed by atoms with Gasteiger partial charge in [-0.3, -0.25) is 0 Å². The number of aliphatic hydroxyl groups is 1. The van der Waals surface area contributed by atoms with Crippen molar-refractivity contribution in [2.24, 2.45) is 0 Å². The van der Waals surface area contributed by atoms with Gasteiger partial charge in [-0.2, -0.15) is 0 Å². The van der Waals surface area contributed by atoms with E-state index in [-0.39, 0.29) is 12.7 Å². The number of nitrogens with zero attached hydrogens (tertiary/aromatic N) is 1. The van der Waals surface area contributed by atoms with Gasteiger partial charge in [-0.05, 0) is 68.9 Å². The van der Waals surface area contributed by atoms with Gasteiger partial charge in [0, 0.05) is 13.1 Å². The average molecular weight is 291 g/mol. The molecule has 4 nitrogen and oxygen atoms in total. The number of amides is 1. The molecule has 2 rings (SSSR count). The van der Waals surface area contributed by atoms with Crippen LogP contribution in [-0.2, 0) is 24.3 Å². The van der Waals surface area contributed by atoms with Crippen molar-refractivity contribution in [2.45, 2.75) is 59.8 Å². The normalized spacial score (nSPS) is 14.9. The van der Waals surface area contributed by atoms with Crippen LogP contribution in [0.25, 0.3) is 0 Å². The van der Waals surface area contributed by atoms with Gasteiger partial charge >= 0.3 is 6.09 Å². The molecule has 21 heavy (non-hydrogen) atoms. The third-order valence-corrected chi connectivity index (χ3v) is 3.97. The zero-order chi connectivity index (χ0) is 15.8. The molecule has 0 atom stereocenters. The van der Waals surface area contributed by atoms with Gasteiger partial charge in [0.25, 0.3) is 0 Å². The average Bonchev–Trinajstić information content (AvgIpc) is 2.40. The summed E-state index contributed by atoms with van der Waals surface area (Å²) in [4.78, 5) is 14.0. The van der Waals surface area contributed by atoms with Crippen molar-refractivity contribution in [1.82, 2.24) is 4.90 Å². The predicted molar refractivity (Wildman–Crippen MR) is 82.2 cm³/mol. The number of hydrogen-bond acceptors (Lipinski definition) is 3. The smallest absolute Gasteiger partial charge is 0.410 e. The number of fused-ring (bicyclic) bond motifs is 1. The number of aliphatic hydroxyl groups excluding tert-OH is 1. The Balaban J connectivity index is 2.25. The lowest BCUT2D eigenvalue weighted by Crippen LogP contribution is -2.40. The van der Waals surface area contributed by atoms with Crippen molar-refractivity contribution in [3.05, 3.63) is 33.9 Å². The molecule has 0 radical (unpaired) electrons. The Labute approximate surface area is 126 Å². The lowest BCUT2D eigenvalue weighted by atomic mass is 9.88. The predicted octanol–water partition coefficient (Wildman–Crippen LogP) is 3.09. The highest BCUT2D eigenvalue weighted by Gasteiger charge is 2.27. The highest BCUT2D eigenvalue weighted by Crippen LogP contribution is 2.29. The van der Waals surface area contributed by atoms with E-state index in [0.29, 0.717) is 13.1 Å². The van der Waals surface area contributed by atoms with Crippen LogP contribution in [-0.4, -0.2) is 28.2 Å². The molecule has 0 spiro atoms. The third kappa shape index (κ3) is 3.38. The summed E-state index contributed by atoms with van der Waals surface area (Å²) in [6.45, 7) is 11.0. The second-order valence-electron chi connectivity index (χ2n) is 6.74. The highest BCUT2D eigenvalue weighted by molar-refractivity contribution is 5.69. The van der Waals surface area contributed by atoms with Crippen LogP contribution in [0.5, 0.6) is 0 Å². The van der Waals surface area contributed by atoms with Crippen LogP contribution < -0.4 is 0 Å². The maximum absolute atomic E-state index is 12.2. The van der Waals surface area contributed by atoms with Gasteiger partial charge in [0.05, 0.1) is 6.61 Å². The molecule has 0 saturated heterocycles. The second kappa shape index (κ2) is 5.68. The fraction of sp³-hybridized carbons (Fsp3) is 0.588. The van der Waals surface area contributed by atoms with E-state index < -0.39 is 5.60 Å². The van der Waals surface area contributed by atoms with Crippen molar-refractivity contribution in [1.29, 1.82) is 0 Å². The van der Waals surface area contributed by atoms with E-state index in [1.54, 1.807) is 4.90 Å². The summed E-state index contributed by atoms with van der Waals surface area (Å²) in [5.41, 5.74) is 5.27. The van der Waals surface area contributed by atoms with Crippen LogP contribution in [0.15, 0.2) is 6.07 Å². The lowest BCUT2D eigenvalue weighted by Gasteiger charge is -2.33. The molecule has 1 heterocycles. The molecule has 0 bridgehead atoms. The summed E-state index contributed by atoms with van der Waals surface area (Å²) in [6.07, 6.45) is 0.561. The summed E-state index contributed by atoms with van der Waals surface area (Å²) >= 11 is 0. The monoisotopic (exact) mass is 291 g/mol. The largest absolute Gasteiger partial charge is 0.444 e. The number of carbonyl (C=O) groups excluding carboxylic acids is 1. The number of ether oxygens (including phenoxy) is 1. The molecule has 1 aromatic rings. The fourth-order valence-corrected chi connectivity index (χ4v) is 2.84. The molecule has 4 heteroatoms. The van der Waals surface area contributed by atoms with E-state index in [1.165, 1.54) is 11.1 Å². The number of benzene rings is 1. The van der Waals surface area contributed by atoms with Crippen LogP contribution in [0.4, 0.5) is 4.79 Å². The van der Waals surface area contributed by atoms with Crippen molar-refractivity contribution >= 4 is 6.09 Å². The Morgan fingerprint density at radius 1 is 1.33 bits per heavy atom. The van der Waals surface area contributed by atoms with E-state index in [1.807, 2.05) is 40.7 Å². The molecule has 1 amide bonds. The van der Waals surface area contributed by atoms with Gasteiger partial charge in [0.1, 0.15) is 5.60 Å². The van der Waals surface area contributed by atoms with Crippen molar-refractivity contribution < 1.29 is 14.6 Å². The molecule has 1 aliphatic rings. The van der Waals surface area contributed by atoms with Gasteiger partial charge in [0.15, 0.2) is 0 Å². The first kappa shape index (κ1) is 15.8. The molecule has 0 fully saturated rings. The second-order valence-corrected chi connectivity index (χ2v) is 6.74. The minimum Gasteiger partial charge on any atom is -0.444 e. The van der Waals surface area contributed by atoms with Crippen LogP contribution >= 0.6 is 0 Å². The fourth-order valence-electron chi connectivity index (χ4n) is 2.84. The molecule has 116 valence electrons. The van der Waals surface area contributed by atoms with Crippen LogP contribution in [0.2, 0.25) is 0 Å². The molecule has 0 aliphatic carbocycles. The summed E-state index contributed by atoms with van der Waals surface area (Å²) in [5.74, 6) is 0. The Hall–Kier alpha value is -1.55. The first-order valence-electron chi connectivity index (χ1n) is 7.42. The zero-order valence-corrected chi connectivity index (χ0v) is 13.6. The third-order valence-electron chi connectivity index (χ3n) is 3.97. The van der Waals surface area contributed by atoms with E-state index >= 15 is 0 Å².